The van der Waals surface area contributed by atoms with E-state index in [0.717, 1.165) is 18.2 Å². The Morgan fingerprint density at radius 3 is 2.50 bits per heavy atom. The number of halogens is 1. The second-order valence-corrected chi connectivity index (χ2v) is 6.24. The lowest BCUT2D eigenvalue weighted by atomic mass is 10.1. The first-order chi connectivity index (χ1) is 10.8. The largest absolute Gasteiger partial charge is 0.356 e. The van der Waals surface area contributed by atoms with Crippen molar-refractivity contribution in [1.29, 1.82) is 0 Å². The number of guanidine groups is 1. The maximum Gasteiger partial charge on any atom is 0.223 e. The van der Waals surface area contributed by atoms with Crippen molar-refractivity contribution in [3.63, 3.8) is 0 Å². The second kappa shape index (κ2) is 10.5. The molecule has 1 aromatic rings. The Hall–Kier alpha value is -1.32. The van der Waals surface area contributed by atoms with Gasteiger partial charge in [-0.3, -0.25) is 14.5 Å². The molecule has 0 aliphatic heterocycles. The summed E-state index contributed by atoms with van der Waals surface area (Å²) in [6, 6.07) is 0. The number of carbonyl (C=O) groups is 1. The normalized spacial score (nSPS) is 11.2. The number of hydrogen-bond donors (Lipinski definition) is 1. The van der Waals surface area contributed by atoms with Crippen molar-refractivity contribution < 1.29 is 4.79 Å². The lowest BCUT2D eigenvalue weighted by Gasteiger charge is -2.22. The fraction of sp³-hybridized carbons (Fsp3) is 0.688. The molecule has 0 spiro atoms. The van der Waals surface area contributed by atoms with E-state index in [1.54, 1.807) is 26.0 Å². The topological polar surface area (TPSA) is 65.8 Å². The summed E-state index contributed by atoms with van der Waals surface area (Å²) in [4.78, 5) is 19.5. The van der Waals surface area contributed by atoms with Gasteiger partial charge in [-0.05, 0) is 5.92 Å². The quantitative estimate of drug-likeness (QED) is 0.407. The molecular weight excluding hydrogens is 419 g/mol. The van der Waals surface area contributed by atoms with Crippen LogP contribution in [0, 0.1) is 0 Å². The molecule has 1 rings (SSSR count). The van der Waals surface area contributed by atoms with Crippen LogP contribution < -0.4 is 5.32 Å². The van der Waals surface area contributed by atoms with Crippen LogP contribution in [0.3, 0.4) is 0 Å². The van der Waals surface area contributed by atoms with Gasteiger partial charge in [0.25, 0.3) is 0 Å². The van der Waals surface area contributed by atoms with Gasteiger partial charge in [0, 0.05) is 66.5 Å². The van der Waals surface area contributed by atoms with Crippen LogP contribution in [0.15, 0.2) is 11.2 Å². The van der Waals surface area contributed by atoms with Gasteiger partial charge in [-0.1, -0.05) is 13.8 Å². The lowest BCUT2D eigenvalue weighted by Crippen LogP contribution is -2.40. The van der Waals surface area contributed by atoms with E-state index < -0.39 is 0 Å². The number of carbonyl (C=O) groups excluding carboxylic acids is 1. The number of nitrogens with one attached hydrogen (secondary N) is 1. The smallest absolute Gasteiger partial charge is 0.223 e. The number of aliphatic imine (C=N–C) groups is 1. The summed E-state index contributed by atoms with van der Waals surface area (Å²) in [5.74, 6) is 1.26. The molecule has 0 aliphatic rings. The van der Waals surface area contributed by atoms with E-state index in [1.165, 1.54) is 5.56 Å². The molecule has 0 fully saturated rings. The van der Waals surface area contributed by atoms with E-state index >= 15 is 0 Å². The SMILES string of the molecule is CN=C(NCCC(=O)N(C)C)N(C)Cc1cn(C)nc1C(C)C.I. The van der Waals surface area contributed by atoms with Crippen molar-refractivity contribution >= 4 is 35.8 Å². The van der Waals surface area contributed by atoms with Crippen LogP contribution >= 0.6 is 24.0 Å². The van der Waals surface area contributed by atoms with Crippen LogP contribution in [0.4, 0.5) is 0 Å². The van der Waals surface area contributed by atoms with E-state index in [2.05, 4.69) is 35.5 Å². The molecule has 0 aliphatic carbocycles. The zero-order chi connectivity index (χ0) is 17.6. The first-order valence-electron chi connectivity index (χ1n) is 7.90. The van der Waals surface area contributed by atoms with Crippen LogP contribution in [0.25, 0.3) is 0 Å². The van der Waals surface area contributed by atoms with Crippen molar-refractivity contribution in [3.05, 3.63) is 17.5 Å². The molecule has 0 saturated heterocycles. The third-order valence-corrected chi connectivity index (χ3v) is 3.59. The molecule has 0 atom stereocenters. The highest BCUT2D eigenvalue weighted by Crippen LogP contribution is 2.18. The fourth-order valence-corrected chi connectivity index (χ4v) is 2.38. The van der Waals surface area contributed by atoms with Crippen molar-refractivity contribution in [3.8, 4) is 0 Å². The average Bonchev–Trinajstić information content (AvgIpc) is 2.83. The molecule has 0 bridgehead atoms. The molecule has 1 amide bonds. The van der Waals surface area contributed by atoms with Gasteiger partial charge < -0.3 is 15.1 Å². The number of aromatic nitrogens is 2. The van der Waals surface area contributed by atoms with E-state index in [1.807, 2.05) is 23.7 Å². The Balaban J connectivity index is 0.00000529. The minimum Gasteiger partial charge on any atom is -0.356 e. The highest BCUT2D eigenvalue weighted by Gasteiger charge is 2.15. The highest BCUT2D eigenvalue weighted by molar-refractivity contribution is 14.0. The molecule has 1 N–H and O–H groups in total. The van der Waals surface area contributed by atoms with Gasteiger partial charge in [-0.25, -0.2) is 0 Å². The molecule has 24 heavy (non-hydrogen) atoms. The van der Waals surface area contributed by atoms with Crippen LogP contribution in [0.5, 0.6) is 0 Å². The molecule has 0 saturated carbocycles. The molecule has 0 aromatic carbocycles. The van der Waals surface area contributed by atoms with Gasteiger partial charge in [-0.15, -0.1) is 24.0 Å². The van der Waals surface area contributed by atoms with Crippen molar-refractivity contribution in [1.82, 2.24) is 24.9 Å². The van der Waals surface area contributed by atoms with Gasteiger partial charge in [0.1, 0.15) is 0 Å². The third kappa shape index (κ3) is 6.66. The lowest BCUT2D eigenvalue weighted by molar-refractivity contribution is -0.128. The summed E-state index contributed by atoms with van der Waals surface area (Å²) >= 11 is 0. The minimum atomic E-state index is 0. The van der Waals surface area contributed by atoms with Gasteiger partial charge in [0.15, 0.2) is 5.96 Å². The fourth-order valence-electron chi connectivity index (χ4n) is 2.38. The monoisotopic (exact) mass is 450 g/mol. The number of aryl methyl sites for hydroxylation is 1. The standard InChI is InChI=1S/C16H30N6O.HI/c1-12(2)15-13(11-22(7)19-15)10-21(6)16(17-3)18-9-8-14(23)20(4)5;/h11-12H,8-10H2,1-7H3,(H,17,18);1H. The Labute approximate surface area is 162 Å². The zero-order valence-electron chi connectivity index (χ0n) is 15.8. The van der Waals surface area contributed by atoms with Crippen LogP contribution in [0.2, 0.25) is 0 Å². The Morgan fingerprint density at radius 1 is 1.38 bits per heavy atom. The van der Waals surface area contributed by atoms with Gasteiger partial charge in [-0.2, -0.15) is 5.10 Å². The number of hydrogen-bond acceptors (Lipinski definition) is 3. The van der Waals surface area contributed by atoms with E-state index in [0.29, 0.717) is 18.9 Å². The zero-order valence-corrected chi connectivity index (χ0v) is 18.2. The molecule has 7 nitrogen and oxygen atoms in total. The Kier molecular flexibility index (Phi) is 9.95. The molecule has 1 heterocycles. The average molecular weight is 450 g/mol. The van der Waals surface area contributed by atoms with Crippen LogP contribution in [-0.4, -0.2) is 66.2 Å². The second-order valence-electron chi connectivity index (χ2n) is 6.24. The summed E-state index contributed by atoms with van der Waals surface area (Å²) in [5.41, 5.74) is 2.30. The predicted octanol–water partition coefficient (Wildman–Crippen LogP) is 1.65. The highest BCUT2D eigenvalue weighted by atomic mass is 127. The number of nitrogens with zero attached hydrogens (tertiary/aromatic N) is 5. The van der Waals surface area contributed by atoms with Crippen molar-refractivity contribution in [2.75, 3.05) is 34.7 Å². The summed E-state index contributed by atoms with van der Waals surface area (Å²) in [7, 11) is 9.20. The summed E-state index contributed by atoms with van der Waals surface area (Å²) in [6.45, 7) is 5.58. The number of rotatable bonds is 6. The number of amides is 1. The molecule has 1 aromatic heterocycles. The Bertz CT molecular complexity index is 553. The third-order valence-electron chi connectivity index (χ3n) is 3.59. The van der Waals surface area contributed by atoms with Crippen LogP contribution in [0.1, 0.15) is 37.4 Å². The van der Waals surface area contributed by atoms with Gasteiger partial charge in [0.05, 0.1) is 5.69 Å². The molecular formula is C16H31IN6O. The van der Waals surface area contributed by atoms with Gasteiger partial charge in [0.2, 0.25) is 5.91 Å². The predicted molar refractivity (Wildman–Crippen MR) is 109 cm³/mol. The molecule has 0 radical (unpaired) electrons. The van der Waals surface area contributed by atoms with Gasteiger partial charge >= 0.3 is 0 Å². The molecule has 0 unspecified atom stereocenters. The van der Waals surface area contributed by atoms with Crippen molar-refractivity contribution in [2.24, 2.45) is 12.0 Å². The minimum absolute atomic E-state index is 0. The van der Waals surface area contributed by atoms with E-state index in [4.69, 9.17) is 0 Å². The maximum atomic E-state index is 11.6. The van der Waals surface area contributed by atoms with E-state index in [-0.39, 0.29) is 29.9 Å². The molecule has 8 heteroatoms. The van der Waals surface area contributed by atoms with E-state index in [9.17, 15) is 4.79 Å². The maximum absolute atomic E-state index is 11.6. The summed E-state index contributed by atoms with van der Waals surface area (Å²) in [5, 5.41) is 7.76. The first-order valence-corrected chi connectivity index (χ1v) is 7.90. The Morgan fingerprint density at radius 2 is 2.00 bits per heavy atom. The van der Waals surface area contributed by atoms with Crippen molar-refractivity contribution in [2.45, 2.75) is 32.7 Å². The summed E-state index contributed by atoms with van der Waals surface area (Å²) < 4.78 is 1.85. The van der Waals surface area contributed by atoms with Crippen LogP contribution in [-0.2, 0) is 18.4 Å². The molecule has 138 valence electrons. The first kappa shape index (κ1) is 22.7. The summed E-state index contributed by atoms with van der Waals surface area (Å²) in [6.07, 6.45) is 2.50.